The molecule has 1 aromatic carbocycles. The molecule has 12 heteroatoms. The number of nitrogens with zero attached hydrogens (tertiary/aromatic N) is 2. The molecule has 1 amide bonds. The summed E-state index contributed by atoms with van der Waals surface area (Å²) >= 11 is 11.9. The van der Waals surface area contributed by atoms with E-state index in [-0.39, 0.29) is 27.9 Å². The summed E-state index contributed by atoms with van der Waals surface area (Å²) in [5, 5.41) is 2.27. The molecular formula is C18H17Cl2F2N3O4S. The van der Waals surface area contributed by atoms with Gasteiger partial charge in [-0.1, -0.05) is 23.2 Å². The zero-order valence-electron chi connectivity index (χ0n) is 15.6. The fourth-order valence-corrected chi connectivity index (χ4v) is 3.69. The molecule has 1 aromatic heterocycles. The van der Waals surface area contributed by atoms with Crippen LogP contribution in [-0.2, 0) is 21.4 Å². The Hall–Kier alpha value is -2.30. The van der Waals surface area contributed by atoms with E-state index in [1.807, 2.05) is 5.32 Å². The summed E-state index contributed by atoms with van der Waals surface area (Å²) in [5.74, 6) is -2.34. The minimum Gasteiger partial charge on any atom is -0.344 e. The molecule has 0 atom stereocenters. The van der Waals surface area contributed by atoms with Crippen molar-refractivity contribution in [3.05, 3.63) is 57.8 Å². The van der Waals surface area contributed by atoms with E-state index in [9.17, 15) is 26.8 Å². The smallest absolute Gasteiger partial charge is 0.315 e. The highest BCUT2D eigenvalue weighted by atomic mass is 35.5. The molecule has 2 rings (SSSR count). The topological polar surface area (TPSA) is 96.4 Å². The second kappa shape index (κ2) is 10.1. The van der Waals surface area contributed by atoms with E-state index in [1.54, 1.807) is 0 Å². The molecule has 1 N–H and O–H groups in total. The largest absolute Gasteiger partial charge is 0.344 e. The minimum atomic E-state index is -3.69. The monoisotopic (exact) mass is 479 g/mol. The third-order valence-corrected chi connectivity index (χ3v) is 6.45. The normalized spacial score (nSPS) is 11.4. The zero-order chi connectivity index (χ0) is 22.5. The molecule has 162 valence electrons. The number of anilines is 1. The third kappa shape index (κ3) is 6.10. The van der Waals surface area contributed by atoms with Crippen LogP contribution >= 0.6 is 23.2 Å². The summed E-state index contributed by atoms with van der Waals surface area (Å²) in [6, 6.07) is 7.19. The van der Waals surface area contributed by atoms with Gasteiger partial charge in [-0.25, -0.2) is 8.42 Å². The van der Waals surface area contributed by atoms with Gasteiger partial charge in [0, 0.05) is 11.8 Å². The van der Waals surface area contributed by atoms with E-state index < -0.39 is 34.7 Å². The zero-order valence-corrected chi connectivity index (χ0v) is 17.9. The number of aromatic nitrogens is 1. The lowest BCUT2D eigenvalue weighted by Crippen LogP contribution is -2.34. The Morgan fingerprint density at radius 2 is 1.87 bits per heavy atom. The molecular weight excluding hydrogens is 463 g/mol. The number of benzene rings is 1. The lowest BCUT2D eigenvalue weighted by atomic mass is 10.1. The summed E-state index contributed by atoms with van der Waals surface area (Å²) in [4.78, 5) is 26.9. The highest BCUT2D eigenvalue weighted by molar-refractivity contribution is 7.92. The Balaban J connectivity index is 2.20. The Morgan fingerprint density at radius 1 is 1.17 bits per heavy atom. The van der Waals surface area contributed by atoms with Crippen molar-refractivity contribution in [2.24, 2.45) is 0 Å². The van der Waals surface area contributed by atoms with Gasteiger partial charge in [0.15, 0.2) is 5.78 Å². The number of Topliss-reactive ketones (excluding diaryl/α,β-unsaturated/α-hetero) is 1. The van der Waals surface area contributed by atoms with Crippen LogP contribution in [0.2, 0.25) is 10.0 Å². The number of sulfonamides is 1. The first-order chi connectivity index (χ1) is 14.0. The Bertz CT molecular complexity index is 1030. The van der Waals surface area contributed by atoms with Crippen LogP contribution in [0.4, 0.5) is 14.5 Å². The van der Waals surface area contributed by atoms with Gasteiger partial charge in [0.25, 0.3) is 5.91 Å². The van der Waals surface area contributed by atoms with Crippen molar-refractivity contribution in [2.45, 2.75) is 19.9 Å². The van der Waals surface area contributed by atoms with Gasteiger partial charge in [-0.2, -0.15) is 8.78 Å². The van der Waals surface area contributed by atoms with Crippen LogP contribution in [0.1, 0.15) is 23.0 Å². The maximum atomic E-state index is 12.5. The molecule has 0 bridgehead atoms. The molecule has 0 aliphatic rings. The number of pyridine rings is 1. The van der Waals surface area contributed by atoms with E-state index in [0.29, 0.717) is 11.4 Å². The van der Waals surface area contributed by atoms with Crippen molar-refractivity contribution >= 4 is 50.6 Å². The number of hydrogen-bond acceptors (Lipinski definition) is 5. The predicted octanol–water partition coefficient (Wildman–Crippen LogP) is 3.31. The van der Waals surface area contributed by atoms with E-state index in [2.05, 4.69) is 4.98 Å². The predicted molar refractivity (Wildman–Crippen MR) is 110 cm³/mol. The number of rotatable bonds is 9. The van der Waals surface area contributed by atoms with Crippen molar-refractivity contribution in [3.8, 4) is 0 Å². The van der Waals surface area contributed by atoms with Gasteiger partial charge in [0.05, 0.1) is 40.3 Å². The third-order valence-electron chi connectivity index (χ3n) is 3.97. The van der Waals surface area contributed by atoms with Crippen LogP contribution in [0.15, 0.2) is 36.5 Å². The molecule has 7 nitrogen and oxygen atoms in total. The van der Waals surface area contributed by atoms with Crippen LogP contribution in [0.3, 0.4) is 0 Å². The second-order valence-corrected chi connectivity index (χ2v) is 8.98. The molecule has 30 heavy (non-hydrogen) atoms. The molecule has 1 heterocycles. The van der Waals surface area contributed by atoms with Gasteiger partial charge in [-0.05, 0) is 37.3 Å². The number of amides is 1. The number of carbonyl (C=O) groups is 2. The molecule has 0 aliphatic heterocycles. The molecule has 0 radical (unpaired) electrons. The molecule has 0 fully saturated rings. The van der Waals surface area contributed by atoms with Gasteiger partial charge >= 0.3 is 6.43 Å². The Kier molecular flexibility index (Phi) is 8.10. The highest BCUT2D eigenvalue weighted by Crippen LogP contribution is 2.29. The first-order valence-electron chi connectivity index (χ1n) is 8.54. The molecule has 0 spiro atoms. The lowest BCUT2D eigenvalue weighted by Gasteiger charge is -2.24. The number of carbonyl (C=O) groups excluding carboxylic acids is 2. The van der Waals surface area contributed by atoms with Crippen LogP contribution in [0, 0.1) is 0 Å². The first kappa shape index (κ1) is 24.0. The number of halogens is 4. The van der Waals surface area contributed by atoms with E-state index in [1.165, 1.54) is 43.5 Å². The Morgan fingerprint density at radius 3 is 2.40 bits per heavy atom. The number of ketones is 1. The quantitative estimate of drug-likeness (QED) is 0.556. The van der Waals surface area contributed by atoms with Crippen molar-refractivity contribution in [1.82, 2.24) is 10.3 Å². The van der Waals surface area contributed by atoms with Crippen molar-refractivity contribution < 1.29 is 26.8 Å². The number of alkyl halides is 2. The first-order valence-corrected chi connectivity index (χ1v) is 10.9. The summed E-state index contributed by atoms with van der Waals surface area (Å²) in [7, 11) is -3.69. The lowest BCUT2D eigenvalue weighted by molar-refractivity contribution is -0.131. The van der Waals surface area contributed by atoms with Gasteiger partial charge in [-0.3, -0.25) is 18.9 Å². The van der Waals surface area contributed by atoms with Gasteiger partial charge in [-0.15, -0.1) is 0 Å². The summed E-state index contributed by atoms with van der Waals surface area (Å²) in [6.45, 7) is 0.747. The van der Waals surface area contributed by atoms with Crippen molar-refractivity contribution in [1.29, 1.82) is 0 Å². The van der Waals surface area contributed by atoms with Gasteiger partial charge in [0.1, 0.15) is 0 Å². The molecule has 2 aromatic rings. The minimum absolute atomic E-state index is 0.0766. The number of nitrogens with one attached hydrogen (secondary N) is 1. The van der Waals surface area contributed by atoms with E-state index in [4.69, 9.17) is 23.2 Å². The van der Waals surface area contributed by atoms with Crippen LogP contribution in [-0.4, -0.2) is 43.8 Å². The summed E-state index contributed by atoms with van der Waals surface area (Å²) in [6.07, 6.45) is -2.04. The fourth-order valence-electron chi connectivity index (χ4n) is 2.32. The van der Waals surface area contributed by atoms with Gasteiger partial charge < -0.3 is 5.32 Å². The summed E-state index contributed by atoms with van der Waals surface area (Å²) < 4.78 is 50.5. The molecule has 0 saturated carbocycles. The van der Waals surface area contributed by atoms with Crippen molar-refractivity contribution in [3.63, 3.8) is 0 Å². The standard InChI is InChI=1S/C18H17Cl2F2N3O4S/c1-2-30(28,29)25(13-5-6-14(19)15(20)7-13)10-12-4-3-11(8-23-12)16(26)9-24-18(27)17(21)22/h3-8,17H,2,9-10H2,1H3,(H,24,27). The average Bonchev–Trinajstić information content (AvgIpc) is 2.72. The summed E-state index contributed by atoms with van der Waals surface area (Å²) in [5.41, 5.74) is 0.696. The van der Waals surface area contributed by atoms with Crippen LogP contribution in [0.25, 0.3) is 0 Å². The molecule has 0 unspecified atom stereocenters. The molecule has 0 saturated heterocycles. The SMILES string of the molecule is CCS(=O)(=O)N(Cc1ccc(C(=O)CNC(=O)C(F)F)cn1)c1ccc(Cl)c(Cl)c1. The van der Waals surface area contributed by atoms with E-state index in [0.717, 1.165) is 4.31 Å². The maximum absolute atomic E-state index is 12.5. The second-order valence-electron chi connectivity index (χ2n) is 5.99. The highest BCUT2D eigenvalue weighted by Gasteiger charge is 2.22. The van der Waals surface area contributed by atoms with Crippen LogP contribution < -0.4 is 9.62 Å². The van der Waals surface area contributed by atoms with Crippen molar-refractivity contribution in [2.75, 3.05) is 16.6 Å². The Labute approximate surface area is 182 Å². The van der Waals surface area contributed by atoms with E-state index >= 15 is 0 Å². The maximum Gasteiger partial charge on any atom is 0.315 e. The fraction of sp³-hybridized carbons (Fsp3) is 0.278. The average molecular weight is 480 g/mol. The number of hydrogen-bond donors (Lipinski definition) is 1. The van der Waals surface area contributed by atoms with Crippen LogP contribution in [0.5, 0.6) is 0 Å². The van der Waals surface area contributed by atoms with Gasteiger partial charge in [0.2, 0.25) is 10.0 Å². The molecule has 0 aliphatic carbocycles.